The van der Waals surface area contributed by atoms with E-state index < -0.39 is 47.4 Å². The lowest BCUT2D eigenvalue weighted by atomic mass is 9.98. The van der Waals surface area contributed by atoms with Crippen LogP contribution in [0, 0.1) is 0 Å². The molecule has 342 valence electrons. The highest BCUT2D eigenvalue weighted by molar-refractivity contribution is 5.87. The number of rotatable bonds is 16. The monoisotopic (exact) mass is 890 g/mol. The molecule has 0 heterocycles. The fraction of sp³-hybridized carbons (Fsp3) is 0.306. The van der Waals surface area contributed by atoms with Crippen molar-refractivity contribution in [3.63, 3.8) is 0 Å². The minimum Gasteiger partial charge on any atom is -0.479 e. The van der Waals surface area contributed by atoms with Crippen LogP contribution >= 0.6 is 0 Å². The van der Waals surface area contributed by atoms with Gasteiger partial charge in [0.2, 0.25) is 0 Å². The summed E-state index contributed by atoms with van der Waals surface area (Å²) in [5.41, 5.74) is 5.34. The summed E-state index contributed by atoms with van der Waals surface area (Å²) in [6.45, 7) is 9.35. The first-order valence-corrected chi connectivity index (χ1v) is 20.6. The molecule has 0 aromatic heterocycles. The number of aliphatic carboxylic acids is 1. The van der Waals surface area contributed by atoms with Gasteiger partial charge in [-0.15, -0.1) is 0 Å². The maximum Gasteiger partial charge on any atom is 0.409 e. The molecule has 16 heteroatoms. The summed E-state index contributed by atoms with van der Waals surface area (Å²) in [5, 5.41) is 14.6. The number of ether oxygens (including phenoxy) is 5. The molecule has 4 amide bonds. The van der Waals surface area contributed by atoms with Gasteiger partial charge >= 0.3 is 36.3 Å². The van der Waals surface area contributed by atoms with Crippen LogP contribution in [-0.4, -0.2) is 123 Å². The van der Waals surface area contributed by atoms with Crippen LogP contribution in [0.5, 0.6) is 0 Å². The fourth-order valence-electron chi connectivity index (χ4n) is 7.82. The van der Waals surface area contributed by atoms with Gasteiger partial charge in [-0.05, 0) is 58.4 Å². The molecular weight excluding hydrogens is 837 g/mol. The molecule has 0 fully saturated rings. The first-order chi connectivity index (χ1) is 31.1. The van der Waals surface area contributed by atoms with E-state index in [1.165, 1.54) is 52.1 Å². The minimum absolute atomic E-state index is 0.00718. The maximum absolute atomic E-state index is 12.7. The van der Waals surface area contributed by atoms with Crippen LogP contribution < -0.4 is 10.6 Å². The fourth-order valence-corrected chi connectivity index (χ4v) is 7.82. The Labute approximate surface area is 377 Å². The second-order valence-corrected chi connectivity index (χ2v) is 15.8. The average Bonchev–Trinajstić information content (AvgIpc) is 3.80. The molecule has 65 heavy (non-hydrogen) atoms. The van der Waals surface area contributed by atoms with Crippen LogP contribution in [-0.2, 0) is 33.3 Å². The van der Waals surface area contributed by atoms with Gasteiger partial charge in [0.15, 0.2) is 11.1 Å². The summed E-state index contributed by atoms with van der Waals surface area (Å²) in [5.74, 6) is -2.31. The molecule has 3 N–H and O–H groups in total. The topological polar surface area (TPSA) is 199 Å². The normalized spacial score (nSPS) is 13.7. The molecule has 2 atom stereocenters. The SMILES string of the molecule is C=CCOC(=O)N(C)C[C@](C)(NC(=O)OCC1c2ccccc2-c2ccccc21)C(=O)O.C=CCOC(=O)N(C)C[C@](C)(NC(=O)OCC1c2ccccc2-c2ccccc21)C(=O)OC. The molecule has 0 spiro atoms. The zero-order chi connectivity index (χ0) is 47.3. The number of likely N-dealkylation sites (N-methyl/N-ethyl adjacent to an activating group) is 2. The minimum atomic E-state index is -1.77. The number of carboxylic acid groups (broad SMARTS) is 1. The van der Waals surface area contributed by atoms with Crippen molar-refractivity contribution in [3.8, 4) is 22.3 Å². The van der Waals surface area contributed by atoms with Crippen molar-refractivity contribution >= 4 is 36.3 Å². The maximum atomic E-state index is 12.7. The van der Waals surface area contributed by atoms with Gasteiger partial charge < -0.3 is 49.2 Å². The van der Waals surface area contributed by atoms with Gasteiger partial charge in [0, 0.05) is 25.9 Å². The lowest BCUT2D eigenvalue weighted by Crippen LogP contribution is -2.59. The zero-order valence-corrected chi connectivity index (χ0v) is 37.0. The second kappa shape index (κ2) is 21.6. The van der Waals surface area contributed by atoms with Gasteiger partial charge in [0.1, 0.15) is 26.4 Å². The summed E-state index contributed by atoms with van der Waals surface area (Å²) in [6, 6.07) is 31.8. The molecule has 0 saturated carbocycles. The second-order valence-electron chi connectivity index (χ2n) is 15.8. The summed E-state index contributed by atoms with van der Waals surface area (Å²) < 4.78 is 25.7. The Hall–Kier alpha value is -7.62. The first-order valence-electron chi connectivity index (χ1n) is 20.6. The largest absolute Gasteiger partial charge is 0.479 e. The number of carbonyl (C=O) groups excluding carboxylic acids is 5. The molecule has 0 radical (unpaired) electrons. The Morgan fingerprint density at radius 1 is 0.585 bits per heavy atom. The third kappa shape index (κ3) is 11.5. The molecule has 2 aliphatic rings. The van der Waals surface area contributed by atoms with E-state index in [0.717, 1.165) is 49.4 Å². The van der Waals surface area contributed by atoms with E-state index in [4.69, 9.17) is 23.7 Å². The van der Waals surface area contributed by atoms with Crippen molar-refractivity contribution < 1.29 is 57.6 Å². The van der Waals surface area contributed by atoms with E-state index in [-0.39, 0.29) is 51.4 Å². The Bertz CT molecular complexity index is 2330. The summed E-state index contributed by atoms with van der Waals surface area (Å²) >= 11 is 0. The number of hydrogen-bond donors (Lipinski definition) is 3. The number of carbonyl (C=O) groups is 6. The Kier molecular flexibility index (Phi) is 16.1. The van der Waals surface area contributed by atoms with Crippen LogP contribution in [0.1, 0.15) is 47.9 Å². The van der Waals surface area contributed by atoms with E-state index in [2.05, 4.69) is 23.8 Å². The van der Waals surface area contributed by atoms with Crippen molar-refractivity contribution in [2.45, 2.75) is 36.8 Å². The van der Waals surface area contributed by atoms with Crippen LogP contribution in [0.3, 0.4) is 0 Å². The highest BCUT2D eigenvalue weighted by Gasteiger charge is 2.41. The smallest absolute Gasteiger partial charge is 0.409 e. The molecule has 0 bridgehead atoms. The van der Waals surface area contributed by atoms with E-state index in [1.54, 1.807) is 0 Å². The van der Waals surface area contributed by atoms with E-state index in [1.807, 2.05) is 97.1 Å². The van der Waals surface area contributed by atoms with Gasteiger partial charge in [-0.25, -0.2) is 28.8 Å². The number of benzene rings is 4. The summed E-state index contributed by atoms with van der Waals surface area (Å²) in [6.07, 6.45) is -0.245. The summed E-state index contributed by atoms with van der Waals surface area (Å²) in [7, 11) is 4.04. The number of esters is 1. The molecular formula is C49H54N4O12. The summed E-state index contributed by atoms with van der Waals surface area (Å²) in [4.78, 5) is 75.8. The number of amides is 4. The Balaban J connectivity index is 0.000000244. The molecule has 4 aromatic carbocycles. The quantitative estimate of drug-likeness (QED) is 0.0576. The lowest BCUT2D eigenvalue weighted by Gasteiger charge is -2.31. The van der Waals surface area contributed by atoms with Gasteiger partial charge in [0.25, 0.3) is 0 Å². The Morgan fingerprint density at radius 2 is 0.908 bits per heavy atom. The van der Waals surface area contributed by atoms with Gasteiger partial charge in [0.05, 0.1) is 20.2 Å². The predicted molar refractivity (Wildman–Crippen MR) is 241 cm³/mol. The zero-order valence-electron chi connectivity index (χ0n) is 37.0. The van der Waals surface area contributed by atoms with E-state index in [0.29, 0.717) is 0 Å². The standard InChI is InChI=1S/C25H28N2O6.C24H26N2O6/c1-5-14-32-24(30)27(3)16-25(2,22(28)31-4)26-23(29)33-15-21-19-12-8-6-10-17(19)18-11-7-9-13-20(18)21;1-4-13-31-23(30)26(3)15-24(2,21(27)28)25-22(29)32-14-20-18-11-7-5-9-16(18)17-10-6-8-12-19(17)20/h5-13,21H,1,14-16H2,2-4H3,(H,26,29);4-12,20H,1,13-15H2,2-3H3,(H,25,29)(H,27,28)/t25-;24-/m00/s1. The number of hydrogen-bond acceptors (Lipinski definition) is 11. The van der Waals surface area contributed by atoms with E-state index in [9.17, 15) is 33.9 Å². The van der Waals surface area contributed by atoms with Gasteiger partial charge in [-0.3, -0.25) is 0 Å². The van der Waals surface area contributed by atoms with Gasteiger partial charge in [-0.2, -0.15) is 0 Å². The molecule has 4 aromatic rings. The molecule has 0 unspecified atom stereocenters. The molecule has 16 nitrogen and oxygen atoms in total. The predicted octanol–water partition coefficient (Wildman–Crippen LogP) is 7.33. The average molecular weight is 891 g/mol. The molecule has 2 aliphatic carbocycles. The molecule has 0 saturated heterocycles. The number of fused-ring (bicyclic) bond motifs is 6. The highest BCUT2D eigenvalue weighted by atomic mass is 16.6. The number of nitrogens with zero attached hydrogens (tertiary/aromatic N) is 2. The number of methoxy groups -OCH3 is 1. The highest BCUT2D eigenvalue weighted by Crippen LogP contribution is 2.45. The third-order valence-electron chi connectivity index (χ3n) is 10.9. The number of carboxylic acids is 1. The lowest BCUT2D eigenvalue weighted by molar-refractivity contribution is -0.148. The van der Waals surface area contributed by atoms with Gasteiger partial charge in [-0.1, -0.05) is 122 Å². The van der Waals surface area contributed by atoms with Crippen LogP contribution in [0.2, 0.25) is 0 Å². The number of nitrogens with one attached hydrogen (secondary N) is 2. The Morgan fingerprint density at radius 3 is 1.23 bits per heavy atom. The number of alkyl carbamates (subject to hydrolysis) is 2. The molecule has 0 aliphatic heterocycles. The van der Waals surface area contributed by atoms with Crippen LogP contribution in [0.25, 0.3) is 22.3 Å². The molecule has 6 rings (SSSR count). The van der Waals surface area contributed by atoms with Crippen molar-refractivity contribution in [1.29, 1.82) is 0 Å². The van der Waals surface area contributed by atoms with Crippen molar-refractivity contribution in [1.82, 2.24) is 20.4 Å². The van der Waals surface area contributed by atoms with Crippen LogP contribution in [0.4, 0.5) is 19.2 Å². The van der Waals surface area contributed by atoms with Crippen molar-refractivity contribution in [2.24, 2.45) is 0 Å². The van der Waals surface area contributed by atoms with Crippen LogP contribution in [0.15, 0.2) is 122 Å². The van der Waals surface area contributed by atoms with Crippen molar-refractivity contribution in [3.05, 3.63) is 145 Å². The van der Waals surface area contributed by atoms with Crippen molar-refractivity contribution in [2.75, 3.05) is 60.7 Å². The van der Waals surface area contributed by atoms with E-state index >= 15 is 0 Å². The third-order valence-corrected chi connectivity index (χ3v) is 10.9. The first kappa shape index (κ1) is 48.4.